The molecule has 7 saturated carbocycles. The van der Waals surface area contributed by atoms with E-state index in [1.54, 1.807) is 0 Å². The molecule has 5 atom stereocenters. The molecule has 0 radical (unpaired) electrons. The Bertz CT molecular complexity index is 775. The Kier molecular flexibility index (Phi) is 4.01. The predicted molar refractivity (Wildman–Crippen MR) is 91.8 cm³/mol. The standard InChI is InChI=1S/C19H25F3O5S/c20-16(19(21,22)8-28(24,25)26)7-27-17(23)18-6-10-2-12-11-1-9(4-14(12)18)5-15(18)13(11)3-10/h9-16H,1-8H2,(H,24,25,26). The molecule has 7 fully saturated rings. The van der Waals surface area contributed by atoms with Gasteiger partial charge in [0.15, 0.2) is 6.17 Å². The molecule has 158 valence electrons. The highest BCUT2D eigenvalue weighted by molar-refractivity contribution is 7.85. The normalized spacial score (nSPS) is 46.8. The van der Waals surface area contributed by atoms with Crippen LogP contribution in [0.4, 0.5) is 13.2 Å². The van der Waals surface area contributed by atoms with Gasteiger partial charge in [-0.05, 0) is 80.0 Å². The van der Waals surface area contributed by atoms with Crippen LogP contribution in [0, 0.1) is 46.8 Å². The second kappa shape index (κ2) is 5.86. The minimum Gasteiger partial charge on any atom is -0.462 e. The van der Waals surface area contributed by atoms with Crippen LogP contribution in [-0.4, -0.2) is 43.4 Å². The van der Waals surface area contributed by atoms with E-state index in [0.717, 1.165) is 25.7 Å². The summed E-state index contributed by atoms with van der Waals surface area (Å²) in [5.74, 6) is -3.70. The molecule has 28 heavy (non-hydrogen) atoms. The van der Waals surface area contributed by atoms with Crippen molar-refractivity contribution in [3.05, 3.63) is 0 Å². The molecule has 0 aliphatic heterocycles. The predicted octanol–water partition coefficient (Wildman–Crippen LogP) is 3.10. The third-order valence-corrected chi connectivity index (χ3v) is 9.40. The summed E-state index contributed by atoms with van der Waals surface area (Å²) in [7, 11) is -5.05. The summed E-state index contributed by atoms with van der Waals surface area (Å²) in [4.78, 5) is 13.1. The Morgan fingerprint density at radius 2 is 1.64 bits per heavy atom. The van der Waals surface area contributed by atoms with Crippen LogP contribution in [0.3, 0.4) is 0 Å². The van der Waals surface area contributed by atoms with E-state index in [9.17, 15) is 26.4 Å². The van der Waals surface area contributed by atoms with E-state index in [1.165, 1.54) is 6.42 Å². The van der Waals surface area contributed by atoms with Crippen LogP contribution >= 0.6 is 0 Å². The van der Waals surface area contributed by atoms with Gasteiger partial charge in [-0.25, -0.2) is 13.2 Å². The molecule has 8 bridgehead atoms. The minimum absolute atomic E-state index is 0.215. The summed E-state index contributed by atoms with van der Waals surface area (Å²) < 4.78 is 76.5. The molecule has 7 aliphatic carbocycles. The molecule has 0 saturated heterocycles. The van der Waals surface area contributed by atoms with Crippen molar-refractivity contribution in [2.45, 2.75) is 50.6 Å². The molecular formula is C19H25F3O5S. The zero-order valence-electron chi connectivity index (χ0n) is 15.4. The number of carbonyl (C=O) groups is 1. The number of hydrogen-bond donors (Lipinski definition) is 1. The van der Waals surface area contributed by atoms with E-state index < -0.39 is 46.0 Å². The SMILES string of the molecule is O=C(OCC(F)C(F)(F)CS(=O)(=O)O)C12CC3CC4C5CC(CC41)CC2C5C3. The van der Waals surface area contributed by atoms with Crippen molar-refractivity contribution in [2.24, 2.45) is 46.8 Å². The van der Waals surface area contributed by atoms with Gasteiger partial charge in [0.2, 0.25) is 0 Å². The summed E-state index contributed by atoms with van der Waals surface area (Å²) in [5, 5.41) is 0. The second-order valence-electron chi connectivity index (χ2n) is 9.91. The van der Waals surface area contributed by atoms with Crippen LogP contribution in [0.5, 0.6) is 0 Å². The molecule has 0 aromatic carbocycles. The van der Waals surface area contributed by atoms with Gasteiger partial charge >= 0.3 is 5.97 Å². The average Bonchev–Trinajstić information content (AvgIpc) is 2.60. The Morgan fingerprint density at radius 1 is 1.07 bits per heavy atom. The summed E-state index contributed by atoms with van der Waals surface area (Å²) in [6, 6.07) is 0. The third kappa shape index (κ3) is 2.60. The highest BCUT2D eigenvalue weighted by atomic mass is 32.2. The van der Waals surface area contributed by atoms with Gasteiger partial charge in [0.1, 0.15) is 12.4 Å². The van der Waals surface area contributed by atoms with Crippen molar-refractivity contribution in [1.82, 2.24) is 0 Å². The first-order chi connectivity index (χ1) is 13.0. The molecule has 5 unspecified atom stereocenters. The van der Waals surface area contributed by atoms with Crippen LogP contribution in [0.25, 0.3) is 0 Å². The van der Waals surface area contributed by atoms with Gasteiger partial charge in [0.25, 0.3) is 16.0 Å². The Labute approximate surface area is 162 Å². The van der Waals surface area contributed by atoms with E-state index in [4.69, 9.17) is 9.29 Å². The lowest BCUT2D eigenvalue weighted by atomic mass is 9.31. The van der Waals surface area contributed by atoms with Crippen molar-refractivity contribution < 1.29 is 35.7 Å². The van der Waals surface area contributed by atoms with E-state index in [0.29, 0.717) is 36.0 Å². The highest BCUT2D eigenvalue weighted by Crippen LogP contribution is 2.76. The first-order valence-corrected chi connectivity index (χ1v) is 11.8. The summed E-state index contributed by atoms with van der Waals surface area (Å²) >= 11 is 0. The van der Waals surface area contributed by atoms with Crippen LogP contribution < -0.4 is 0 Å². The van der Waals surface area contributed by atoms with Crippen molar-refractivity contribution >= 4 is 16.1 Å². The van der Waals surface area contributed by atoms with E-state index in [2.05, 4.69) is 0 Å². The molecule has 1 N–H and O–H groups in total. The molecule has 5 nitrogen and oxygen atoms in total. The zero-order chi connectivity index (χ0) is 20.1. The Hall–Kier alpha value is -0.830. The van der Waals surface area contributed by atoms with E-state index >= 15 is 0 Å². The lowest BCUT2D eigenvalue weighted by molar-refractivity contribution is -0.260. The van der Waals surface area contributed by atoms with Gasteiger partial charge in [-0.2, -0.15) is 8.42 Å². The van der Waals surface area contributed by atoms with Gasteiger partial charge in [-0.1, -0.05) is 0 Å². The monoisotopic (exact) mass is 422 g/mol. The van der Waals surface area contributed by atoms with Crippen molar-refractivity contribution in [3.8, 4) is 0 Å². The Balaban J connectivity index is 1.33. The van der Waals surface area contributed by atoms with Gasteiger partial charge in [-0.15, -0.1) is 0 Å². The van der Waals surface area contributed by atoms with E-state index in [-0.39, 0.29) is 11.8 Å². The van der Waals surface area contributed by atoms with Crippen LogP contribution in [0.15, 0.2) is 0 Å². The molecule has 0 spiro atoms. The molecule has 0 aromatic rings. The lowest BCUT2D eigenvalue weighted by Gasteiger charge is -2.73. The van der Waals surface area contributed by atoms with Crippen molar-refractivity contribution in [2.75, 3.05) is 12.4 Å². The molecule has 7 rings (SSSR count). The van der Waals surface area contributed by atoms with Gasteiger partial charge in [-0.3, -0.25) is 9.35 Å². The van der Waals surface area contributed by atoms with Gasteiger partial charge < -0.3 is 4.74 Å². The van der Waals surface area contributed by atoms with Crippen molar-refractivity contribution in [1.29, 1.82) is 0 Å². The minimum atomic E-state index is -5.05. The summed E-state index contributed by atoms with van der Waals surface area (Å²) in [6.07, 6.45) is 3.21. The fraction of sp³-hybridized carbons (Fsp3) is 0.947. The first kappa shape index (κ1) is 19.2. The number of ether oxygens (including phenoxy) is 1. The maximum atomic E-state index is 14.0. The number of esters is 1. The fourth-order valence-electron chi connectivity index (χ4n) is 8.08. The molecular weight excluding hydrogens is 397 g/mol. The van der Waals surface area contributed by atoms with Crippen LogP contribution in [-0.2, 0) is 19.6 Å². The topological polar surface area (TPSA) is 80.7 Å². The van der Waals surface area contributed by atoms with Crippen LogP contribution in [0.2, 0.25) is 0 Å². The average molecular weight is 422 g/mol. The molecule has 7 aliphatic rings. The summed E-state index contributed by atoms with van der Waals surface area (Å²) in [6.45, 7) is -1.19. The largest absolute Gasteiger partial charge is 0.462 e. The first-order valence-electron chi connectivity index (χ1n) is 10.2. The van der Waals surface area contributed by atoms with Gasteiger partial charge in [0, 0.05) is 0 Å². The number of halogens is 3. The summed E-state index contributed by atoms with van der Waals surface area (Å²) in [5.41, 5.74) is -0.665. The number of carbonyl (C=O) groups excluding carboxylic acids is 1. The fourth-order valence-corrected chi connectivity index (χ4v) is 8.75. The maximum absolute atomic E-state index is 14.0. The second-order valence-corrected chi connectivity index (χ2v) is 11.4. The molecule has 0 aromatic heterocycles. The van der Waals surface area contributed by atoms with Crippen LogP contribution in [0.1, 0.15) is 38.5 Å². The molecule has 0 heterocycles. The number of hydrogen-bond acceptors (Lipinski definition) is 4. The van der Waals surface area contributed by atoms with Crippen molar-refractivity contribution in [3.63, 3.8) is 0 Å². The number of alkyl halides is 3. The van der Waals surface area contributed by atoms with E-state index in [1.807, 2.05) is 0 Å². The number of rotatable bonds is 6. The lowest BCUT2D eigenvalue weighted by Crippen LogP contribution is -2.70. The maximum Gasteiger partial charge on any atom is 0.312 e. The Morgan fingerprint density at radius 3 is 2.21 bits per heavy atom. The molecule has 9 heteroatoms. The quantitative estimate of drug-likeness (QED) is 0.526. The molecule has 0 amide bonds. The highest BCUT2D eigenvalue weighted by Gasteiger charge is 2.73. The van der Waals surface area contributed by atoms with Gasteiger partial charge in [0.05, 0.1) is 5.41 Å². The smallest absolute Gasteiger partial charge is 0.312 e. The third-order valence-electron chi connectivity index (χ3n) is 8.65. The zero-order valence-corrected chi connectivity index (χ0v) is 16.2.